The summed E-state index contributed by atoms with van der Waals surface area (Å²) in [6.45, 7) is 2.50. The molecule has 128 valence electrons. The maximum Gasteiger partial charge on any atom is 0.317 e. The Morgan fingerprint density at radius 2 is 2.35 bits per heavy atom. The summed E-state index contributed by atoms with van der Waals surface area (Å²) >= 11 is 1.39. The number of piperidine rings is 1. The van der Waals surface area contributed by atoms with Gasteiger partial charge in [0.15, 0.2) is 5.13 Å². The van der Waals surface area contributed by atoms with Crippen LogP contribution in [-0.2, 0) is 9.53 Å². The van der Waals surface area contributed by atoms with Gasteiger partial charge in [-0.25, -0.2) is 9.78 Å². The number of hydrogen-bond acceptors (Lipinski definition) is 5. The number of methoxy groups -OCH3 is 1. The maximum absolute atomic E-state index is 12.2. The Hall–Kier alpha value is -1.67. The summed E-state index contributed by atoms with van der Waals surface area (Å²) in [4.78, 5) is 30.2. The van der Waals surface area contributed by atoms with Gasteiger partial charge in [-0.15, -0.1) is 11.3 Å². The molecule has 1 aliphatic rings. The van der Waals surface area contributed by atoms with Gasteiger partial charge in [-0.05, 0) is 25.7 Å². The number of unbranched alkanes of at least 4 members (excludes halogenated alkanes) is 1. The third kappa shape index (κ3) is 5.80. The Morgan fingerprint density at radius 3 is 3.09 bits per heavy atom. The Bertz CT molecular complexity index is 495. The molecule has 1 aliphatic heterocycles. The number of carbonyl (C=O) groups is 2. The molecule has 3 amide bonds. The number of ether oxygens (including phenoxy) is 1. The van der Waals surface area contributed by atoms with Gasteiger partial charge in [0.05, 0.1) is 5.92 Å². The fraction of sp³-hybridized carbons (Fsp3) is 0.667. The first-order valence-electron chi connectivity index (χ1n) is 7.92. The van der Waals surface area contributed by atoms with Gasteiger partial charge >= 0.3 is 6.03 Å². The van der Waals surface area contributed by atoms with Crippen LogP contribution in [0.3, 0.4) is 0 Å². The molecular weight excluding hydrogens is 316 g/mol. The van der Waals surface area contributed by atoms with E-state index in [1.165, 1.54) is 11.3 Å². The molecule has 1 fully saturated rings. The quantitative estimate of drug-likeness (QED) is 0.743. The number of rotatable bonds is 7. The largest absolute Gasteiger partial charge is 0.385 e. The topological polar surface area (TPSA) is 83.6 Å². The monoisotopic (exact) mass is 340 g/mol. The van der Waals surface area contributed by atoms with Crippen molar-refractivity contribution in [3.63, 3.8) is 0 Å². The van der Waals surface area contributed by atoms with Crippen molar-refractivity contribution in [1.82, 2.24) is 15.2 Å². The zero-order chi connectivity index (χ0) is 16.5. The van der Waals surface area contributed by atoms with E-state index in [9.17, 15) is 9.59 Å². The smallest absolute Gasteiger partial charge is 0.317 e. The lowest BCUT2D eigenvalue weighted by Crippen LogP contribution is -2.48. The molecule has 0 aliphatic carbocycles. The molecule has 1 atom stereocenters. The van der Waals surface area contributed by atoms with Crippen LogP contribution in [-0.4, -0.2) is 55.2 Å². The van der Waals surface area contributed by atoms with Crippen molar-refractivity contribution in [3.05, 3.63) is 11.6 Å². The summed E-state index contributed by atoms with van der Waals surface area (Å²) in [7, 11) is 1.67. The van der Waals surface area contributed by atoms with Gasteiger partial charge in [0, 0.05) is 44.9 Å². The summed E-state index contributed by atoms with van der Waals surface area (Å²) in [6, 6.07) is -0.0887. The lowest BCUT2D eigenvalue weighted by molar-refractivity contribution is -0.121. The molecule has 7 nitrogen and oxygen atoms in total. The van der Waals surface area contributed by atoms with E-state index >= 15 is 0 Å². The van der Waals surface area contributed by atoms with Gasteiger partial charge in [-0.3, -0.25) is 4.79 Å². The van der Waals surface area contributed by atoms with Gasteiger partial charge in [0.2, 0.25) is 5.91 Å². The van der Waals surface area contributed by atoms with E-state index in [-0.39, 0.29) is 17.9 Å². The molecule has 1 saturated heterocycles. The van der Waals surface area contributed by atoms with E-state index in [1.807, 2.05) is 5.38 Å². The maximum atomic E-state index is 12.2. The van der Waals surface area contributed by atoms with Crippen LogP contribution in [0.15, 0.2) is 11.6 Å². The van der Waals surface area contributed by atoms with Crippen LogP contribution in [0.5, 0.6) is 0 Å². The average molecular weight is 340 g/mol. The molecule has 1 aromatic rings. The van der Waals surface area contributed by atoms with Crippen LogP contribution in [0.25, 0.3) is 0 Å². The number of likely N-dealkylation sites (tertiary alicyclic amines) is 1. The third-order valence-corrected chi connectivity index (χ3v) is 4.48. The summed E-state index contributed by atoms with van der Waals surface area (Å²) in [6.07, 6.45) is 5.11. The molecule has 2 rings (SSSR count). The number of urea groups is 1. The first kappa shape index (κ1) is 17.7. The van der Waals surface area contributed by atoms with Crippen LogP contribution in [0.2, 0.25) is 0 Å². The summed E-state index contributed by atoms with van der Waals surface area (Å²) in [5.74, 6) is -0.232. The van der Waals surface area contributed by atoms with Gasteiger partial charge in [-0.1, -0.05) is 0 Å². The molecule has 1 unspecified atom stereocenters. The van der Waals surface area contributed by atoms with Crippen molar-refractivity contribution in [2.45, 2.75) is 25.7 Å². The van der Waals surface area contributed by atoms with E-state index in [2.05, 4.69) is 15.6 Å². The van der Waals surface area contributed by atoms with E-state index in [0.29, 0.717) is 31.4 Å². The highest BCUT2D eigenvalue weighted by atomic mass is 32.1. The molecule has 0 spiro atoms. The lowest BCUT2D eigenvalue weighted by atomic mass is 9.97. The fourth-order valence-corrected chi connectivity index (χ4v) is 3.08. The summed E-state index contributed by atoms with van der Waals surface area (Å²) in [5, 5.41) is 8.14. The van der Waals surface area contributed by atoms with E-state index < -0.39 is 0 Å². The third-order valence-electron chi connectivity index (χ3n) is 3.79. The van der Waals surface area contributed by atoms with Crippen LogP contribution in [0.4, 0.5) is 9.93 Å². The molecule has 8 heteroatoms. The molecule has 1 aromatic heterocycles. The second kappa shape index (κ2) is 9.46. The molecule has 2 heterocycles. The van der Waals surface area contributed by atoms with Crippen molar-refractivity contribution >= 4 is 28.4 Å². The van der Waals surface area contributed by atoms with Crippen LogP contribution in [0, 0.1) is 5.92 Å². The Morgan fingerprint density at radius 1 is 1.48 bits per heavy atom. The predicted molar refractivity (Wildman–Crippen MR) is 89.5 cm³/mol. The number of amides is 3. The predicted octanol–water partition coefficient (Wildman–Crippen LogP) is 1.93. The molecule has 0 saturated carbocycles. The zero-order valence-corrected chi connectivity index (χ0v) is 14.2. The van der Waals surface area contributed by atoms with E-state index in [4.69, 9.17) is 4.74 Å². The average Bonchev–Trinajstić information content (AvgIpc) is 3.07. The molecule has 23 heavy (non-hydrogen) atoms. The van der Waals surface area contributed by atoms with Crippen LogP contribution in [0.1, 0.15) is 25.7 Å². The number of nitrogens with one attached hydrogen (secondary N) is 2. The summed E-state index contributed by atoms with van der Waals surface area (Å²) < 4.78 is 4.98. The number of thiazole rings is 1. The standard InChI is InChI=1S/C15H24N4O3S/c1-22-9-3-2-6-17-15(21)19-8-4-5-12(11-19)13(20)18-14-16-7-10-23-14/h7,10,12H,2-6,8-9,11H2,1H3,(H,17,21)(H,16,18,20). The van der Waals surface area contributed by atoms with Gasteiger partial charge in [-0.2, -0.15) is 0 Å². The lowest BCUT2D eigenvalue weighted by Gasteiger charge is -2.31. The second-order valence-electron chi connectivity index (χ2n) is 5.54. The number of carbonyl (C=O) groups excluding carboxylic acids is 2. The highest BCUT2D eigenvalue weighted by molar-refractivity contribution is 7.13. The molecule has 0 bridgehead atoms. The normalized spacial score (nSPS) is 17.8. The van der Waals surface area contributed by atoms with Crippen molar-refractivity contribution < 1.29 is 14.3 Å². The highest BCUT2D eigenvalue weighted by Gasteiger charge is 2.28. The van der Waals surface area contributed by atoms with E-state index in [0.717, 1.165) is 25.7 Å². The number of hydrogen-bond donors (Lipinski definition) is 2. The molecule has 2 N–H and O–H groups in total. The van der Waals surface area contributed by atoms with Crippen molar-refractivity contribution in [3.8, 4) is 0 Å². The minimum Gasteiger partial charge on any atom is -0.385 e. The Labute approximate surface area is 140 Å². The Kier molecular flexibility index (Phi) is 7.28. The zero-order valence-electron chi connectivity index (χ0n) is 13.4. The first-order chi connectivity index (χ1) is 11.2. The van der Waals surface area contributed by atoms with E-state index in [1.54, 1.807) is 18.2 Å². The van der Waals surface area contributed by atoms with Crippen molar-refractivity contribution in [2.75, 3.05) is 38.7 Å². The van der Waals surface area contributed by atoms with Gasteiger partial charge < -0.3 is 20.3 Å². The minimum absolute atomic E-state index is 0.0578. The molecular formula is C15H24N4O3S. The van der Waals surface area contributed by atoms with Crippen molar-refractivity contribution in [1.29, 1.82) is 0 Å². The van der Waals surface area contributed by atoms with Crippen LogP contribution < -0.4 is 10.6 Å². The number of nitrogens with zero attached hydrogens (tertiary/aromatic N) is 2. The molecule has 0 radical (unpaired) electrons. The Balaban J connectivity index is 1.73. The van der Waals surface area contributed by atoms with Gasteiger partial charge in [0.25, 0.3) is 0 Å². The SMILES string of the molecule is COCCCCNC(=O)N1CCCC(C(=O)Nc2nccs2)C1. The second-order valence-corrected chi connectivity index (χ2v) is 6.44. The highest BCUT2D eigenvalue weighted by Crippen LogP contribution is 2.19. The number of anilines is 1. The van der Waals surface area contributed by atoms with Crippen LogP contribution >= 0.6 is 11.3 Å². The van der Waals surface area contributed by atoms with Gasteiger partial charge in [0.1, 0.15) is 0 Å². The van der Waals surface area contributed by atoms with Crippen molar-refractivity contribution in [2.24, 2.45) is 5.92 Å². The minimum atomic E-state index is -0.174. The fourth-order valence-electron chi connectivity index (χ4n) is 2.55. The molecule has 0 aromatic carbocycles. The number of aromatic nitrogens is 1. The summed E-state index contributed by atoms with van der Waals surface area (Å²) in [5.41, 5.74) is 0. The first-order valence-corrected chi connectivity index (χ1v) is 8.80.